The predicted molar refractivity (Wildman–Crippen MR) is 92.1 cm³/mol. The second-order valence-electron chi connectivity index (χ2n) is 7.65. The van der Waals surface area contributed by atoms with E-state index in [2.05, 4.69) is 4.90 Å². The van der Waals surface area contributed by atoms with Crippen LogP contribution in [0, 0.1) is 18.3 Å². The highest BCUT2D eigenvalue weighted by molar-refractivity contribution is 5.80. The summed E-state index contributed by atoms with van der Waals surface area (Å²) in [6.07, 6.45) is 1.95. The van der Waals surface area contributed by atoms with Gasteiger partial charge < -0.3 is 18.8 Å². The van der Waals surface area contributed by atoms with Crippen LogP contribution in [-0.4, -0.2) is 68.3 Å². The van der Waals surface area contributed by atoms with Crippen LogP contribution >= 0.6 is 0 Å². The first-order valence-corrected chi connectivity index (χ1v) is 9.38. The molecule has 1 spiro atoms. The Kier molecular flexibility index (Phi) is 4.84. The first-order chi connectivity index (χ1) is 12.2. The number of hydrogen-bond acceptors (Lipinski definition) is 5. The summed E-state index contributed by atoms with van der Waals surface area (Å²) >= 11 is 0. The van der Waals surface area contributed by atoms with Gasteiger partial charge in [0.15, 0.2) is 0 Å². The Hall–Kier alpha value is -1.37. The van der Waals surface area contributed by atoms with Crippen LogP contribution in [-0.2, 0) is 20.8 Å². The van der Waals surface area contributed by atoms with Crippen molar-refractivity contribution in [2.45, 2.75) is 26.3 Å². The largest absolute Gasteiger partial charge is 0.465 e. The number of amides is 1. The fourth-order valence-corrected chi connectivity index (χ4v) is 4.61. The Balaban J connectivity index is 1.51. The summed E-state index contributed by atoms with van der Waals surface area (Å²) < 4.78 is 16.8. The molecule has 1 aromatic rings. The lowest BCUT2D eigenvalue weighted by molar-refractivity contribution is -0.144. The molecule has 1 unspecified atom stereocenters. The fourth-order valence-electron chi connectivity index (χ4n) is 4.61. The molecule has 3 saturated heterocycles. The molecular weight excluding hydrogens is 320 g/mol. The minimum atomic E-state index is 0.0509. The lowest BCUT2D eigenvalue weighted by Gasteiger charge is -2.40. The van der Waals surface area contributed by atoms with E-state index < -0.39 is 0 Å². The van der Waals surface area contributed by atoms with E-state index in [-0.39, 0.29) is 11.3 Å². The van der Waals surface area contributed by atoms with Gasteiger partial charge in [0.05, 0.1) is 25.7 Å². The lowest BCUT2D eigenvalue weighted by Crippen LogP contribution is -2.49. The second kappa shape index (κ2) is 7.09. The highest BCUT2D eigenvalue weighted by Gasteiger charge is 2.51. The monoisotopic (exact) mass is 348 g/mol. The molecule has 6 nitrogen and oxygen atoms in total. The molecule has 1 aromatic heterocycles. The van der Waals surface area contributed by atoms with E-state index in [1.54, 1.807) is 0 Å². The topological polar surface area (TPSA) is 55.2 Å². The van der Waals surface area contributed by atoms with Gasteiger partial charge in [-0.1, -0.05) is 0 Å². The Morgan fingerprint density at radius 2 is 1.88 bits per heavy atom. The molecule has 0 bridgehead atoms. The van der Waals surface area contributed by atoms with Crippen LogP contribution in [0.2, 0.25) is 0 Å². The van der Waals surface area contributed by atoms with Gasteiger partial charge in [-0.3, -0.25) is 9.69 Å². The van der Waals surface area contributed by atoms with Gasteiger partial charge in [-0.05, 0) is 31.9 Å². The molecule has 0 aliphatic carbocycles. The Morgan fingerprint density at radius 1 is 1.16 bits per heavy atom. The van der Waals surface area contributed by atoms with Crippen LogP contribution in [0.4, 0.5) is 0 Å². The van der Waals surface area contributed by atoms with Gasteiger partial charge in [-0.15, -0.1) is 0 Å². The molecule has 138 valence electrons. The maximum absolute atomic E-state index is 13.3. The molecule has 1 atom stereocenters. The number of likely N-dealkylation sites (tertiary alicyclic amines) is 1. The van der Waals surface area contributed by atoms with Gasteiger partial charge >= 0.3 is 0 Å². The average molecular weight is 348 g/mol. The van der Waals surface area contributed by atoms with E-state index in [9.17, 15) is 4.79 Å². The number of carbonyl (C=O) groups is 1. The highest BCUT2D eigenvalue weighted by atomic mass is 16.5. The molecule has 3 aliphatic rings. The molecule has 25 heavy (non-hydrogen) atoms. The fraction of sp³-hybridized carbons (Fsp3) is 0.737. The van der Waals surface area contributed by atoms with Crippen molar-refractivity contribution in [3.05, 3.63) is 23.7 Å². The maximum Gasteiger partial charge on any atom is 0.227 e. The van der Waals surface area contributed by atoms with Gasteiger partial charge in [0.2, 0.25) is 5.91 Å². The smallest absolute Gasteiger partial charge is 0.227 e. The molecule has 4 heterocycles. The molecule has 4 rings (SSSR count). The summed E-state index contributed by atoms with van der Waals surface area (Å²) in [5.41, 5.74) is 0.0509. The maximum atomic E-state index is 13.3. The van der Waals surface area contributed by atoms with Gasteiger partial charge in [-0.25, -0.2) is 0 Å². The zero-order valence-corrected chi connectivity index (χ0v) is 15.0. The summed E-state index contributed by atoms with van der Waals surface area (Å²) in [6, 6.07) is 4.05. The van der Waals surface area contributed by atoms with Crippen molar-refractivity contribution >= 4 is 5.91 Å². The SMILES string of the molecule is Cc1ccc(CN2CC(C(=O)N3CCOCC3)C3(CCOCC3)C2)o1. The average Bonchev–Trinajstić information content (AvgIpc) is 3.19. The van der Waals surface area contributed by atoms with Crippen molar-refractivity contribution in [2.75, 3.05) is 52.6 Å². The number of morpholine rings is 1. The van der Waals surface area contributed by atoms with E-state index in [1.165, 1.54) is 0 Å². The molecule has 3 aliphatic heterocycles. The minimum absolute atomic E-state index is 0.0509. The Labute approximate surface area is 149 Å². The van der Waals surface area contributed by atoms with Crippen LogP contribution in [0.3, 0.4) is 0 Å². The van der Waals surface area contributed by atoms with Crippen molar-refractivity contribution < 1.29 is 18.7 Å². The van der Waals surface area contributed by atoms with Crippen molar-refractivity contribution in [3.63, 3.8) is 0 Å². The van der Waals surface area contributed by atoms with Crippen molar-refractivity contribution in [1.29, 1.82) is 0 Å². The molecule has 0 aromatic carbocycles. The van der Waals surface area contributed by atoms with Crippen LogP contribution in [0.1, 0.15) is 24.4 Å². The molecule has 0 saturated carbocycles. The predicted octanol–water partition coefficient (Wildman–Crippen LogP) is 1.68. The molecule has 1 amide bonds. The number of furan rings is 1. The normalized spacial score (nSPS) is 27.1. The lowest BCUT2D eigenvalue weighted by atomic mass is 9.71. The van der Waals surface area contributed by atoms with Crippen molar-refractivity contribution in [2.24, 2.45) is 11.3 Å². The van der Waals surface area contributed by atoms with E-state index in [1.807, 2.05) is 24.0 Å². The number of aryl methyl sites for hydroxylation is 1. The van der Waals surface area contributed by atoms with Crippen molar-refractivity contribution in [3.8, 4) is 0 Å². The number of carbonyl (C=O) groups excluding carboxylic acids is 1. The summed E-state index contributed by atoms with van der Waals surface area (Å²) in [5, 5.41) is 0. The Bertz CT molecular complexity index is 602. The van der Waals surface area contributed by atoms with E-state index in [4.69, 9.17) is 13.9 Å². The number of rotatable bonds is 3. The third-order valence-electron chi connectivity index (χ3n) is 6.00. The number of ether oxygens (including phenoxy) is 2. The molecule has 3 fully saturated rings. The van der Waals surface area contributed by atoms with Crippen LogP contribution in [0.5, 0.6) is 0 Å². The standard InChI is InChI=1S/C19H28N2O4/c1-15-2-3-16(25-15)12-20-13-17(18(22)21-6-10-24-11-7-21)19(14-20)4-8-23-9-5-19/h2-3,17H,4-14H2,1H3. The summed E-state index contributed by atoms with van der Waals surface area (Å²) in [4.78, 5) is 17.7. The molecule has 0 radical (unpaired) electrons. The third kappa shape index (κ3) is 3.48. The molecule has 6 heteroatoms. The van der Waals surface area contributed by atoms with E-state index in [0.29, 0.717) is 19.1 Å². The van der Waals surface area contributed by atoms with Crippen LogP contribution in [0.25, 0.3) is 0 Å². The summed E-state index contributed by atoms with van der Waals surface area (Å²) in [7, 11) is 0. The number of nitrogens with zero attached hydrogens (tertiary/aromatic N) is 2. The summed E-state index contributed by atoms with van der Waals surface area (Å²) in [6.45, 7) is 8.81. The third-order valence-corrected chi connectivity index (χ3v) is 6.00. The first kappa shape index (κ1) is 17.1. The van der Waals surface area contributed by atoms with Crippen LogP contribution < -0.4 is 0 Å². The van der Waals surface area contributed by atoms with Gasteiger partial charge in [0, 0.05) is 44.8 Å². The second-order valence-corrected chi connectivity index (χ2v) is 7.65. The van der Waals surface area contributed by atoms with E-state index in [0.717, 1.165) is 70.3 Å². The summed E-state index contributed by atoms with van der Waals surface area (Å²) in [5.74, 6) is 2.30. The highest BCUT2D eigenvalue weighted by Crippen LogP contribution is 2.45. The van der Waals surface area contributed by atoms with E-state index >= 15 is 0 Å². The minimum Gasteiger partial charge on any atom is -0.465 e. The quantitative estimate of drug-likeness (QED) is 0.832. The zero-order valence-electron chi connectivity index (χ0n) is 15.0. The van der Waals surface area contributed by atoms with Crippen LogP contribution in [0.15, 0.2) is 16.5 Å². The molecular formula is C19H28N2O4. The van der Waals surface area contributed by atoms with Gasteiger partial charge in [0.1, 0.15) is 11.5 Å². The van der Waals surface area contributed by atoms with Gasteiger partial charge in [-0.2, -0.15) is 0 Å². The van der Waals surface area contributed by atoms with Gasteiger partial charge in [0.25, 0.3) is 0 Å². The molecule has 0 N–H and O–H groups in total. The number of hydrogen-bond donors (Lipinski definition) is 0. The zero-order chi connectivity index (χ0) is 17.3. The van der Waals surface area contributed by atoms with Crippen molar-refractivity contribution in [1.82, 2.24) is 9.80 Å². The Morgan fingerprint density at radius 3 is 2.56 bits per heavy atom. The first-order valence-electron chi connectivity index (χ1n) is 9.38.